The number of nitro groups is 1. The van der Waals surface area contributed by atoms with Gasteiger partial charge in [-0.05, 0) is 13.0 Å². The minimum Gasteiger partial charge on any atom is -0.326 e. The SMILES string of the molecule is CC(CC(=O)Nc1cccc([N+](=O)[O-])c1)=NNC(=O)CC#N. The molecule has 0 spiro atoms. The Balaban J connectivity index is 2.57. The molecule has 114 valence electrons. The highest BCUT2D eigenvalue weighted by Gasteiger charge is 2.09. The summed E-state index contributed by atoms with van der Waals surface area (Å²) in [6, 6.07) is 7.19. The van der Waals surface area contributed by atoms with E-state index in [1.165, 1.54) is 31.2 Å². The second kappa shape index (κ2) is 8.11. The first kappa shape index (κ1) is 16.8. The van der Waals surface area contributed by atoms with Gasteiger partial charge >= 0.3 is 0 Å². The number of nitrogens with zero attached hydrogens (tertiary/aromatic N) is 3. The van der Waals surface area contributed by atoms with Crippen LogP contribution in [0.1, 0.15) is 19.8 Å². The average Bonchev–Trinajstić information content (AvgIpc) is 2.45. The van der Waals surface area contributed by atoms with Crippen LogP contribution in [0.5, 0.6) is 0 Å². The molecular formula is C13H13N5O4. The van der Waals surface area contributed by atoms with Crippen LogP contribution in [0, 0.1) is 21.4 Å². The topological polar surface area (TPSA) is 137 Å². The number of hydrazone groups is 1. The van der Waals surface area contributed by atoms with Crippen LogP contribution in [0.25, 0.3) is 0 Å². The first-order valence-electron chi connectivity index (χ1n) is 6.15. The number of anilines is 1. The molecule has 0 aromatic heterocycles. The maximum atomic E-state index is 11.7. The van der Waals surface area contributed by atoms with Crippen molar-refractivity contribution in [3.8, 4) is 6.07 Å². The van der Waals surface area contributed by atoms with Gasteiger partial charge in [0.2, 0.25) is 5.91 Å². The Morgan fingerprint density at radius 1 is 1.41 bits per heavy atom. The molecule has 0 saturated heterocycles. The molecule has 1 rings (SSSR count). The zero-order valence-electron chi connectivity index (χ0n) is 11.7. The first-order valence-corrected chi connectivity index (χ1v) is 6.15. The van der Waals surface area contributed by atoms with Crippen LogP contribution in [-0.2, 0) is 9.59 Å². The van der Waals surface area contributed by atoms with E-state index in [1.807, 2.05) is 0 Å². The van der Waals surface area contributed by atoms with Crippen molar-refractivity contribution < 1.29 is 14.5 Å². The molecule has 22 heavy (non-hydrogen) atoms. The molecule has 9 nitrogen and oxygen atoms in total. The minimum absolute atomic E-state index is 0.102. The number of amides is 2. The number of nitrogens with one attached hydrogen (secondary N) is 2. The van der Waals surface area contributed by atoms with Crippen LogP contribution < -0.4 is 10.7 Å². The summed E-state index contributed by atoms with van der Waals surface area (Å²) in [6.07, 6.45) is -0.424. The lowest BCUT2D eigenvalue weighted by Gasteiger charge is -2.05. The third-order valence-electron chi connectivity index (χ3n) is 2.37. The van der Waals surface area contributed by atoms with E-state index in [-0.39, 0.29) is 18.5 Å². The van der Waals surface area contributed by atoms with Gasteiger partial charge in [0.15, 0.2) is 0 Å². The van der Waals surface area contributed by atoms with Gasteiger partial charge in [-0.3, -0.25) is 19.7 Å². The number of rotatable bonds is 6. The predicted molar refractivity (Wildman–Crippen MR) is 77.8 cm³/mol. The molecule has 0 unspecified atom stereocenters. The second-order valence-corrected chi connectivity index (χ2v) is 4.25. The Bertz CT molecular complexity index is 663. The van der Waals surface area contributed by atoms with Gasteiger partial charge in [-0.1, -0.05) is 6.07 Å². The fourth-order valence-electron chi connectivity index (χ4n) is 1.44. The van der Waals surface area contributed by atoms with Gasteiger partial charge in [-0.15, -0.1) is 0 Å². The number of hydrogen-bond acceptors (Lipinski definition) is 6. The van der Waals surface area contributed by atoms with Crippen LogP contribution in [0.2, 0.25) is 0 Å². The lowest BCUT2D eigenvalue weighted by atomic mass is 10.2. The normalized spacial score (nSPS) is 10.5. The number of carbonyl (C=O) groups excluding carboxylic acids is 2. The maximum Gasteiger partial charge on any atom is 0.271 e. The van der Waals surface area contributed by atoms with Crippen molar-refractivity contribution in [3.63, 3.8) is 0 Å². The molecule has 0 aliphatic carbocycles. The Labute approximate surface area is 125 Å². The summed E-state index contributed by atoms with van der Waals surface area (Å²) in [5.41, 5.74) is 2.62. The molecule has 0 radical (unpaired) electrons. The first-order chi connectivity index (χ1) is 10.4. The minimum atomic E-state index is -0.569. The molecule has 9 heteroatoms. The molecule has 0 atom stereocenters. The van der Waals surface area contributed by atoms with Crippen LogP contribution in [-0.4, -0.2) is 22.4 Å². The van der Waals surface area contributed by atoms with Crippen molar-refractivity contribution in [2.75, 3.05) is 5.32 Å². The molecule has 0 fully saturated rings. The third kappa shape index (κ3) is 5.79. The van der Waals surface area contributed by atoms with E-state index in [0.717, 1.165) is 0 Å². The highest BCUT2D eigenvalue weighted by Crippen LogP contribution is 2.17. The predicted octanol–water partition coefficient (Wildman–Crippen LogP) is 1.33. The Morgan fingerprint density at radius 2 is 2.14 bits per heavy atom. The van der Waals surface area contributed by atoms with Crippen LogP contribution in [0.3, 0.4) is 0 Å². The second-order valence-electron chi connectivity index (χ2n) is 4.25. The summed E-state index contributed by atoms with van der Waals surface area (Å²) >= 11 is 0. The number of nitro benzene ring substituents is 1. The molecule has 0 saturated carbocycles. The fourth-order valence-corrected chi connectivity index (χ4v) is 1.44. The maximum absolute atomic E-state index is 11.7. The van der Waals surface area contributed by atoms with Gasteiger partial charge in [0.1, 0.15) is 6.42 Å². The molecule has 1 aromatic rings. The highest BCUT2D eigenvalue weighted by molar-refractivity contribution is 6.05. The highest BCUT2D eigenvalue weighted by atomic mass is 16.6. The van der Waals surface area contributed by atoms with E-state index >= 15 is 0 Å². The molecule has 1 aromatic carbocycles. The van der Waals surface area contributed by atoms with Crippen molar-refractivity contribution in [2.24, 2.45) is 5.10 Å². The quantitative estimate of drug-likeness (QED) is 0.464. The van der Waals surface area contributed by atoms with Crippen molar-refractivity contribution in [1.82, 2.24) is 5.43 Å². The number of nitriles is 1. The van der Waals surface area contributed by atoms with E-state index in [1.54, 1.807) is 6.07 Å². The van der Waals surface area contributed by atoms with E-state index in [4.69, 9.17) is 5.26 Å². The smallest absolute Gasteiger partial charge is 0.271 e. The average molecular weight is 303 g/mol. The summed E-state index contributed by atoms with van der Waals surface area (Å²) in [5, 5.41) is 25.1. The van der Waals surface area contributed by atoms with Crippen LogP contribution in [0.15, 0.2) is 29.4 Å². The molecular weight excluding hydrogens is 290 g/mol. The lowest BCUT2D eigenvalue weighted by Crippen LogP contribution is -2.20. The van der Waals surface area contributed by atoms with E-state index in [9.17, 15) is 19.7 Å². The molecule has 0 bridgehead atoms. The summed E-state index contributed by atoms with van der Waals surface area (Å²) in [6.45, 7) is 1.53. The van der Waals surface area contributed by atoms with E-state index in [2.05, 4.69) is 15.8 Å². The zero-order chi connectivity index (χ0) is 16.5. The number of benzene rings is 1. The van der Waals surface area contributed by atoms with E-state index < -0.39 is 16.7 Å². The van der Waals surface area contributed by atoms with Gasteiger partial charge < -0.3 is 5.32 Å². The summed E-state index contributed by atoms with van der Waals surface area (Å²) in [4.78, 5) is 32.8. The Hall–Kier alpha value is -3.28. The van der Waals surface area contributed by atoms with Crippen molar-refractivity contribution >= 4 is 28.9 Å². The Kier molecular flexibility index (Phi) is 6.18. The monoisotopic (exact) mass is 303 g/mol. The van der Waals surface area contributed by atoms with Gasteiger partial charge in [0.05, 0.1) is 17.4 Å². The van der Waals surface area contributed by atoms with Crippen LogP contribution in [0.4, 0.5) is 11.4 Å². The van der Waals surface area contributed by atoms with Crippen molar-refractivity contribution in [1.29, 1.82) is 5.26 Å². The third-order valence-corrected chi connectivity index (χ3v) is 2.37. The molecule has 0 aliphatic rings. The number of non-ortho nitro benzene ring substituents is 1. The van der Waals surface area contributed by atoms with Crippen molar-refractivity contribution in [2.45, 2.75) is 19.8 Å². The summed E-state index contributed by atoms with van der Waals surface area (Å²) in [5.74, 6) is -1.00. The molecule has 2 N–H and O–H groups in total. The zero-order valence-corrected chi connectivity index (χ0v) is 11.7. The fraction of sp³-hybridized carbons (Fsp3) is 0.231. The molecule has 2 amide bonds. The summed E-state index contributed by atoms with van der Waals surface area (Å²) in [7, 11) is 0. The van der Waals surface area contributed by atoms with Gasteiger partial charge in [0, 0.05) is 23.5 Å². The molecule has 0 heterocycles. The number of hydrogen-bond donors (Lipinski definition) is 2. The largest absolute Gasteiger partial charge is 0.326 e. The van der Waals surface area contributed by atoms with Gasteiger partial charge in [-0.25, -0.2) is 5.43 Å². The van der Waals surface area contributed by atoms with E-state index in [0.29, 0.717) is 11.4 Å². The van der Waals surface area contributed by atoms with Crippen LogP contribution >= 0.6 is 0 Å². The van der Waals surface area contributed by atoms with Gasteiger partial charge in [-0.2, -0.15) is 10.4 Å². The lowest BCUT2D eigenvalue weighted by molar-refractivity contribution is -0.384. The summed E-state index contributed by atoms with van der Waals surface area (Å²) < 4.78 is 0. The Morgan fingerprint density at radius 3 is 2.77 bits per heavy atom. The number of carbonyl (C=O) groups is 2. The standard InChI is InChI=1S/C13H13N5O4/c1-9(16-17-12(19)5-6-14)7-13(20)15-10-3-2-4-11(8-10)18(21)22/h2-4,8H,5,7H2,1H3,(H,15,20)(H,17,19). The van der Waals surface area contributed by atoms with Crippen molar-refractivity contribution in [3.05, 3.63) is 34.4 Å². The molecule has 0 aliphatic heterocycles. The van der Waals surface area contributed by atoms with Gasteiger partial charge in [0.25, 0.3) is 11.6 Å².